The van der Waals surface area contributed by atoms with Gasteiger partial charge in [0.1, 0.15) is 0 Å². The van der Waals surface area contributed by atoms with Crippen LogP contribution >= 0.6 is 9.69 Å². The van der Waals surface area contributed by atoms with Gasteiger partial charge in [-0.2, -0.15) is 0 Å². The number of ether oxygens (including phenoxy) is 1. The van der Waals surface area contributed by atoms with Crippen LogP contribution in [0.2, 0.25) is 0 Å². The van der Waals surface area contributed by atoms with Crippen LogP contribution in [-0.2, 0) is 15.7 Å². The van der Waals surface area contributed by atoms with E-state index in [0.29, 0.717) is 12.1 Å². The molecule has 0 saturated carbocycles. The molecule has 1 atom stereocenters. The molecule has 0 fully saturated rings. The van der Waals surface area contributed by atoms with Gasteiger partial charge < -0.3 is 0 Å². The van der Waals surface area contributed by atoms with Gasteiger partial charge in [-0.15, -0.1) is 0 Å². The molecule has 1 unspecified atom stereocenters. The first-order valence-electron chi connectivity index (χ1n) is 7.46. The van der Waals surface area contributed by atoms with Crippen molar-refractivity contribution in [2.75, 3.05) is 11.4 Å². The summed E-state index contributed by atoms with van der Waals surface area (Å²) < 4.78 is 8.11. The number of halogens is 1. The number of fused-ring (bicyclic) bond motifs is 1. The van der Waals surface area contributed by atoms with Crippen molar-refractivity contribution in [3.05, 3.63) is 59.7 Å². The van der Waals surface area contributed by atoms with Gasteiger partial charge in [0, 0.05) is 0 Å². The van der Waals surface area contributed by atoms with Gasteiger partial charge in [0.15, 0.2) is 0 Å². The number of benzene rings is 2. The van der Waals surface area contributed by atoms with Crippen molar-refractivity contribution >= 4 is 25.9 Å². The van der Waals surface area contributed by atoms with Crippen molar-refractivity contribution in [2.24, 2.45) is 0 Å². The van der Waals surface area contributed by atoms with Gasteiger partial charge in [0.25, 0.3) is 0 Å². The quantitative estimate of drug-likeness (QED) is 0.712. The van der Waals surface area contributed by atoms with E-state index < -0.39 is 0 Å². The van der Waals surface area contributed by atoms with Crippen LogP contribution in [0.25, 0.3) is 0 Å². The minimum absolute atomic E-state index is 0.00385. The van der Waals surface area contributed by atoms with Crippen LogP contribution < -0.4 is 9.64 Å². The molecular weight excluding hydrogens is 399 g/mol. The normalized spacial score (nSPS) is 17.3. The van der Waals surface area contributed by atoms with Crippen LogP contribution in [0.5, 0.6) is 5.75 Å². The fourth-order valence-corrected chi connectivity index (χ4v) is 3.74. The summed E-state index contributed by atoms with van der Waals surface area (Å²) >= 11 is -0.350. The average Bonchev–Trinajstić information content (AvgIpc) is 2.61. The molecule has 0 radical (unpaired) electrons. The van der Waals surface area contributed by atoms with Crippen LogP contribution in [0.15, 0.2) is 48.5 Å². The summed E-state index contributed by atoms with van der Waals surface area (Å²) in [7, 11) is 5.94. The van der Waals surface area contributed by atoms with Crippen LogP contribution in [0, 0.1) is 0 Å². The van der Waals surface area contributed by atoms with Crippen molar-refractivity contribution in [1.82, 2.24) is 0 Å². The number of nitrogens with zero attached hydrogens (tertiary/aromatic N) is 1. The molecule has 2 aromatic carbocycles. The van der Waals surface area contributed by atoms with E-state index in [1.807, 2.05) is 58.0 Å². The predicted molar refractivity (Wildman–Crippen MR) is 90.3 cm³/mol. The third kappa shape index (κ3) is 3.39. The first kappa shape index (κ1) is 16.4. The van der Waals surface area contributed by atoms with Gasteiger partial charge in [-0.1, -0.05) is 0 Å². The van der Waals surface area contributed by atoms with Gasteiger partial charge in [-0.3, -0.25) is 0 Å². The van der Waals surface area contributed by atoms with Gasteiger partial charge in [0.05, 0.1) is 0 Å². The van der Waals surface area contributed by atoms with E-state index in [4.69, 9.17) is 14.4 Å². The van der Waals surface area contributed by atoms with Gasteiger partial charge >= 0.3 is 147 Å². The Morgan fingerprint density at radius 1 is 1.30 bits per heavy atom. The van der Waals surface area contributed by atoms with E-state index in [9.17, 15) is 4.79 Å². The summed E-state index contributed by atoms with van der Waals surface area (Å²) in [6.45, 7) is 2.63. The van der Waals surface area contributed by atoms with Gasteiger partial charge in [-0.05, 0) is 0 Å². The van der Waals surface area contributed by atoms with E-state index in [0.717, 1.165) is 23.4 Å². The molecule has 0 aromatic heterocycles. The Kier molecular flexibility index (Phi) is 5.24. The Balaban J connectivity index is 2.06. The summed E-state index contributed by atoms with van der Waals surface area (Å²) in [5, 5.41) is 0. The van der Waals surface area contributed by atoms with Crippen molar-refractivity contribution < 1.29 is 25.2 Å². The van der Waals surface area contributed by atoms with Crippen molar-refractivity contribution in [3.63, 3.8) is 0 Å². The van der Waals surface area contributed by atoms with Gasteiger partial charge in [-0.25, -0.2) is 0 Å². The number of rotatable bonds is 3. The number of hydrogen-bond acceptors (Lipinski definition) is 2. The summed E-state index contributed by atoms with van der Waals surface area (Å²) in [5.74, 6) is 0.773. The monoisotopic (exact) mass is 416 g/mol. The Morgan fingerprint density at radius 3 is 2.78 bits per heavy atom. The number of carbonyl (C=O) groups excluding carboxylic acids is 1. The second kappa shape index (κ2) is 7.38. The second-order valence-electron chi connectivity index (χ2n) is 5.30. The zero-order valence-electron chi connectivity index (χ0n) is 12.7. The molecule has 3 nitrogen and oxygen atoms in total. The maximum atomic E-state index is 12.9. The molecule has 1 amide bonds. The van der Waals surface area contributed by atoms with Crippen molar-refractivity contribution in [2.45, 2.75) is 19.4 Å². The Hall–Kier alpha value is -1.51. The molecule has 0 spiro atoms. The van der Waals surface area contributed by atoms with E-state index in [1.165, 1.54) is 0 Å². The Labute approximate surface area is 147 Å². The van der Waals surface area contributed by atoms with E-state index >= 15 is 0 Å². The third-order valence-corrected chi connectivity index (χ3v) is 5.04. The molecule has 0 N–H and O–H groups in total. The first-order chi connectivity index (χ1) is 11.2. The van der Waals surface area contributed by atoms with E-state index in [-0.39, 0.29) is 27.7 Å². The molecule has 0 bridgehead atoms. The first-order valence-corrected chi connectivity index (χ1v) is 10.7. The predicted octanol–water partition coefficient (Wildman–Crippen LogP) is 3.89. The Morgan fingerprint density at radius 2 is 2.09 bits per heavy atom. The second-order valence-corrected chi connectivity index (χ2v) is 7.10. The van der Waals surface area contributed by atoms with Gasteiger partial charge in [0.2, 0.25) is 0 Å². The molecule has 3 rings (SSSR count). The molecule has 23 heavy (non-hydrogen) atoms. The number of amides is 1. The molecule has 0 saturated heterocycles. The number of carbonyl (C=O) groups is 1. The van der Waals surface area contributed by atoms with Crippen LogP contribution in [-0.4, -0.2) is 23.2 Å². The molecule has 1 heterocycles. The van der Waals surface area contributed by atoms with Crippen LogP contribution in [0.1, 0.15) is 29.3 Å². The Bertz CT molecular complexity index is 733. The molecule has 5 heteroatoms. The topological polar surface area (TPSA) is 29.5 Å². The van der Waals surface area contributed by atoms with E-state index in [1.54, 1.807) is 0 Å². The van der Waals surface area contributed by atoms with Crippen molar-refractivity contribution in [1.29, 1.82) is 0 Å². The summed E-state index contributed by atoms with van der Waals surface area (Å²) in [5.41, 5.74) is 2.48. The molecule has 2 aromatic rings. The fraction of sp³-hybridized carbons (Fsp3) is 0.222. The molecule has 1 aliphatic rings. The molecule has 1 aliphatic heterocycles. The maximum absolute atomic E-state index is 12.9. The standard InChI is InChI=1S/C18H17NO2.ClH.Ru/c1-3-15-12-19(18(20)14-9-5-4-6-10-14)16-11-7-8-13(2)17(16)21-15;;/h2,4-11,15H,3,12H2,1H3;1H;/q;;+1/p-1. The molecule has 121 valence electrons. The number of para-hydroxylation sites is 1. The average molecular weight is 416 g/mol. The number of hydrogen-bond donors (Lipinski definition) is 0. The van der Waals surface area contributed by atoms with Crippen molar-refractivity contribution in [3.8, 4) is 5.75 Å². The SMILES string of the molecule is CCC1CN(C(=O)c2ccccc2)c2cccc([CH]=[Ru][Cl])c2O1. The minimum atomic E-state index is -0.350. The fourth-order valence-electron chi connectivity index (χ4n) is 2.65. The molecular formula is C18H17ClNO2Ru. The summed E-state index contributed by atoms with van der Waals surface area (Å²) in [4.78, 5) is 14.8. The van der Waals surface area contributed by atoms with Crippen LogP contribution in [0.4, 0.5) is 5.69 Å². The summed E-state index contributed by atoms with van der Waals surface area (Å²) in [6.07, 6.45) is 0.844. The zero-order chi connectivity index (χ0) is 16.2. The van der Waals surface area contributed by atoms with Crippen LogP contribution in [0.3, 0.4) is 0 Å². The number of anilines is 1. The zero-order valence-corrected chi connectivity index (χ0v) is 15.2. The third-order valence-electron chi connectivity index (χ3n) is 3.86. The van der Waals surface area contributed by atoms with E-state index in [2.05, 4.69) is 6.92 Å². The summed E-state index contributed by atoms with van der Waals surface area (Å²) in [6, 6.07) is 15.2. The molecule has 0 aliphatic carbocycles.